The van der Waals surface area contributed by atoms with Crippen LogP contribution in [0, 0.1) is 0 Å². The third kappa shape index (κ3) is 3.91. The Balaban J connectivity index is 3.86. The summed E-state index contributed by atoms with van der Waals surface area (Å²) >= 11 is 0. The molecule has 0 amide bonds. The number of hydrogen-bond donors (Lipinski definition) is 0. The second-order valence-electron chi connectivity index (χ2n) is 7.33. The molecule has 7 nitrogen and oxygen atoms in total. The van der Waals surface area contributed by atoms with Crippen LogP contribution in [-0.2, 0) is 34.8 Å². The molecule has 156 valence electrons. The first-order chi connectivity index (χ1) is 13.4. The van der Waals surface area contributed by atoms with Gasteiger partial charge in [-0.05, 0) is 0 Å². The van der Waals surface area contributed by atoms with Crippen molar-refractivity contribution in [3.05, 3.63) is 0 Å². The Hall–Kier alpha value is -1.62. The average molecular weight is 562 g/mol. The van der Waals surface area contributed by atoms with E-state index < -0.39 is 10.8 Å². The number of unbranched alkanes of at least 4 members (excludes halogenated alkanes) is 6. The van der Waals surface area contributed by atoms with Gasteiger partial charge in [-0.15, -0.1) is 0 Å². The summed E-state index contributed by atoms with van der Waals surface area (Å²) in [6.45, 7) is 5.78. The zero-order valence-corrected chi connectivity index (χ0v) is 19.8. The van der Waals surface area contributed by atoms with Crippen LogP contribution in [0.1, 0.15) is 65.2 Å². The van der Waals surface area contributed by atoms with Gasteiger partial charge in [-0.1, -0.05) is 0 Å². The van der Waals surface area contributed by atoms with Gasteiger partial charge in [-0.25, -0.2) is 0 Å². The zero-order chi connectivity index (χ0) is 21.2. The SMILES string of the molecule is CCCCCCN1CCN(CCCCCC)[C]1=[W](=[C]=O)(=[C]=O)(=[C]=O)(=[C]=O)=[C]=O. The quantitative estimate of drug-likeness (QED) is 0.372. The molecule has 28 heavy (non-hydrogen) atoms. The summed E-state index contributed by atoms with van der Waals surface area (Å²) in [7, 11) is -7.57. The molecule has 0 aromatic heterocycles. The molecular formula is C20H30N2O5W. The Morgan fingerprint density at radius 3 is 1.29 bits per heavy atom. The summed E-state index contributed by atoms with van der Waals surface area (Å²) in [5.74, 6) is 0. The van der Waals surface area contributed by atoms with Crippen LogP contribution in [0.4, 0.5) is 0 Å². The molecule has 1 fully saturated rings. The van der Waals surface area contributed by atoms with Crippen molar-refractivity contribution < 1.29 is 34.8 Å². The molecule has 0 saturated carbocycles. The van der Waals surface area contributed by atoms with Crippen molar-refractivity contribution in [2.24, 2.45) is 0 Å². The van der Waals surface area contributed by atoms with Crippen LogP contribution in [0.15, 0.2) is 0 Å². The van der Waals surface area contributed by atoms with Crippen LogP contribution >= 0.6 is 0 Å². The Morgan fingerprint density at radius 1 is 0.643 bits per heavy atom. The molecule has 0 unspecified atom stereocenters. The molecule has 1 saturated heterocycles. The first kappa shape index (κ1) is 24.4. The topological polar surface area (TPSA) is 91.8 Å². The van der Waals surface area contributed by atoms with Crippen molar-refractivity contribution in [1.82, 2.24) is 9.80 Å². The van der Waals surface area contributed by atoms with Crippen LogP contribution in [0.5, 0.6) is 0 Å². The molecule has 0 radical (unpaired) electrons. The van der Waals surface area contributed by atoms with Crippen LogP contribution < -0.4 is 0 Å². The predicted octanol–water partition coefficient (Wildman–Crippen LogP) is 1.41. The molecule has 0 aromatic rings. The van der Waals surface area contributed by atoms with Gasteiger partial charge in [0.25, 0.3) is 0 Å². The maximum absolute atomic E-state index is 12.1. The molecule has 0 N–H and O–H groups in total. The van der Waals surface area contributed by atoms with E-state index in [9.17, 15) is 24.0 Å². The number of rotatable bonds is 10. The van der Waals surface area contributed by atoms with E-state index in [0.29, 0.717) is 26.2 Å². The molecule has 0 bridgehead atoms. The summed E-state index contributed by atoms with van der Waals surface area (Å²) in [6.07, 6.45) is 7.40. The van der Waals surface area contributed by atoms with E-state index in [0.717, 1.165) is 51.4 Å². The van der Waals surface area contributed by atoms with E-state index in [2.05, 4.69) is 13.8 Å². The molecule has 0 spiro atoms. The average Bonchev–Trinajstić information content (AvgIpc) is 3.17. The van der Waals surface area contributed by atoms with Gasteiger partial charge in [0.15, 0.2) is 0 Å². The molecule has 8 heteroatoms. The summed E-state index contributed by atoms with van der Waals surface area (Å²) in [6, 6.07) is 0. The second-order valence-corrected chi connectivity index (χ2v) is 22.6. The van der Waals surface area contributed by atoms with Gasteiger partial charge >= 0.3 is 161 Å². The maximum atomic E-state index is 12.1. The van der Waals surface area contributed by atoms with E-state index in [1.165, 1.54) is 21.3 Å². The minimum absolute atomic E-state index is 0.169. The van der Waals surface area contributed by atoms with E-state index in [1.807, 2.05) is 0 Å². The second kappa shape index (κ2) is 9.73. The van der Waals surface area contributed by atoms with Crippen LogP contribution in [0.3, 0.4) is 0 Å². The van der Waals surface area contributed by atoms with Gasteiger partial charge < -0.3 is 0 Å². The van der Waals surface area contributed by atoms with Gasteiger partial charge in [0.1, 0.15) is 0 Å². The zero-order valence-electron chi connectivity index (χ0n) is 16.8. The Labute approximate surface area is 161 Å². The standard InChI is InChI=1S/C15H30N2.5CO.W/c1-3-5-7-9-11-16-13-14-17(15-16)12-10-8-6-4-2;5*1-2;/h3-14H2,1-2H3;;;;;;. The van der Waals surface area contributed by atoms with Gasteiger partial charge in [0.2, 0.25) is 0 Å². The Kier molecular flexibility index (Phi) is 8.48. The number of carbonyl (C=O) groups excluding carboxylic acids is 5. The summed E-state index contributed by atoms with van der Waals surface area (Å²) in [4.78, 5) is 63.6. The van der Waals surface area contributed by atoms with Crippen molar-refractivity contribution in [3.63, 3.8) is 0 Å². The van der Waals surface area contributed by atoms with E-state index in [1.54, 1.807) is 9.80 Å². The fraction of sp³-hybridized carbons (Fsp3) is 0.700. The summed E-state index contributed by atoms with van der Waals surface area (Å²) in [5.41, 5.74) is 0. The molecule has 0 atom stereocenters. The van der Waals surface area contributed by atoms with Crippen molar-refractivity contribution in [1.29, 1.82) is 0 Å². The van der Waals surface area contributed by atoms with Crippen molar-refractivity contribution in [3.8, 4) is 0 Å². The van der Waals surface area contributed by atoms with Crippen molar-refractivity contribution in [2.45, 2.75) is 65.2 Å². The summed E-state index contributed by atoms with van der Waals surface area (Å²) < 4.78 is 6.25. The molecule has 1 heterocycles. The molecule has 1 aliphatic rings. The van der Waals surface area contributed by atoms with E-state index in [-0.39, 0.29) is 4.15 Å². The summed E-state index contributed by atoms with van der Waals surface area (Å²) in [5, 5.41) is 0. The van der Waals surface area contributed by atoms with Crippen LogP contribution in [0.2, 0.25) is 0 Å². The third-order valence-electron chi connectivity index (χ3n) is 5.24. The van der Waals surface area contributed by atoms with Gasteiger partial charge in [0.05, 0.1) is 0 Å². The third-order valence-corrected chi connectivity index (χ3v) is 17.9. The number of hydrogen-bond acceptors (Lipinski definition) is 7. The fourth-order valence-electron chi connectivity index (χ4n) is 3.51. The first-order valence-electron chi connectivity index (χ1n) is 9.87. The molecular weight excluding hydrogens is 532 g/mol. The Bertz CT molecular complexity index is 1160. The van der Waals surface area contributed by atoms with E-state index >= 15 is 0 Å². The van der Waals surface area contributed by atoms with E-state index in [4.69, 9.17) is 0 Å². The Morgan fingerprint density at radius 2 is 1.00 bits per heavy atom. The number of nitrogens with zero attached hydrogens (tertiary/aromatic N) is 2. The molecule has 1 rings (SSSR count). The molecule has 1 aliphatic heterocycles. The van der Waals surface area contributed by atoms with Crippen LogP contribution in [0.25, 0.3) is 0 Å². The van der Waals surface area contributed by atoms with Crippen molar-refractivity contribution in [2.75, 3.05) is 26.2 Å². The fourth-order valence-corrected chi connectivity index (χ4v) is 12.0. The van der Waals surface area contributed by atoms with Gasteiger partial charge in [-0.3, -0.25) is 0 Å². The minimum atomic E-state index is -7.57. The van der Waals surface area contributed by atoms with Crippen molar-refractivity contribution >= 4 is 25.5 Å². The monoisotopic (exact) mass is 562 g/mol. The van der Waals surface area contributed by atoms with Crippen LogP contribution in [-0.4, -0.2) is 61.5 Å². The molecule has 0 aliphatic carbocycles. The molecule has 0 aromatic carbocycles. The first-order valence-corrected chi connectivity index (χ1v) is 18.7. The normalized spacial score (nSPS) is 15.0. The predicted molar refractivity (Wildman–Crippen MR) is 105 cm³/mol. The van der Waals surface area contributed by atoms with Gasteiger partial charge in [-0.2, -0.15) is 0 Å². The van der Waals surface area contributed by atoms with Gasteiger partial charge in [0, 0.05) is 0 Å².